The highest BCUT2D eigenvalue weighted by Gasteiger charge is 2.09. The number of carbonyl (C=O) groups excluding carboxylic acids is 2. The average molecular weight is 347 g/mol. The summed E-state index contributed by atoms with van der Waals surface area (Å²) >= 11 is 0. The number of amides is 2. The molecule has 5 nitrogen and oxygen atoms in total. The van der Waals surface area contributed by atoms with Gasteiger partial charge in [-0.15, -0.1) is 0 Å². The first-order chi connectivity index (χ1) is 12.5. The van der Waals surface area contributed by atoms with Gasteiger partial charge >= 0.3 is 0 Å². The summed E-state index contributed by atoms with van der Waals surface area (Å²) in [5.74, 6) is -0.275. The van der Waals surface area contributed by atoms with Gasteiger partial charge < -0.3 is 15.5 Å². The van der Waals surface area contributed by atoms with Crippen LogP contribution in [-0.2, 0) is 4.79 Å². The number of carbonyl (C=O) groups is 2. The molecule has 0 bridgehead atoms. The Labute approximate surface area is 152 Å². The van der Waals surface area contributed by atoms with Gasteiger partial charge in [0.25, 0.3) is 5.91 Å². The first kappa shape index (κ1) is 17.5. The van der Waals surface area contributed by atoms with E-state index >= 15 is 0 Å². The van der Waals surface area contributed by atoms with Gasteiger partial charge in [-0.3, -0.25) is 9.59 Å². The molecule has 3 aromatic rings. The predicted molar refractivity (Wildman–Crippen MR) is 106 cm³/mol. The fourth-order valence-corrected chi connectivity index (χ4v) is 2.67. The van der Waals surface area contributed by atoms with Crippen molar-refractivity contribution in [1.82, 2.24) is 4.90 Å². The normalized spacial score (nSPS) is 10.4. The lowest BCUT2D eigenvalue weighted by Crippen LogP contribution is -2.23. The summed E-state index contributed by atoms with van der Waals surface area (Å²) < 4.78 is 0. The smallest absolute Gasteiger partial charge is 0.253 e. The SMILES string of the molecule is CN(C)C(=O)c1cccc(NC(=O)CNc2ccc3ccccc3c2)c1. The quantitative estimate of drug-likeness (QED) is 0.741. The van der Waals surface area contributed by atoms with Crippen molar-refractivity contribution < 1.29 is 9.59 Å². The molecule has 0 saturated carbocycles. The van der Waals surface area contributed by atoms with Crippen LogP contribution in [-0.4, -0.2) is 37.4 Å². The maximum atomic E-state index is 12.2. The van der Waals surface area contributed by atoms with Crippen LogP contribution < -0.4 is 10.6 Å². The second-order valence-corrected chi connectivity index (χ2v) is 6.24. The molecule has 0 saturated heterocycles. The van der Waals surface area contributed by atoms with Crippen LogP contribution in [0.15, 0.2) is 66.7 Å². The first-order valence-electron chi connectivity index (χ1n) is 8.37. The van der Waals surface area contributed by atoms with Crippen LogP contribution >= 0.6 is 0 Å². The molecule has 0 fully saturated rings. The van der Waals surface area contributed by atoms with Gasteiger partial charge in [-0.05, 0) is 41.1 Å². The second-order valence-electron chi connectivity index (χ2n) is 6.24. The molecule has 0 aliphatic carbocycles. The van der Waals surface area contributed by atoms with Crippen LogP contribution in [0.1, 0.15) is 10.4 Å². The monoisotopic (exact) mass is 347 g/mol. The van der Waals surface area contributed by atoms with E-state index in [1.807, 2.05) is 42.5 Å². The van der Waals surface area contributed by atoms with E-state index in [9.17, 15) is 9.59 Å². The summed E-state index contributed by atoms with van der Waals surface area (Å²) in [6.07, 6.45) is 0. The zero-order valence-corrected chi connectivity index (χ0v) is 14.8. The predicted octanol–water partition coefficient (Wildman–Crippen LogP) is 3.59. The third-order valence-electron chi connectivity index (χ3n) is 4.00. The van der Waals surface area contributed by atoms with E-state index < -0.39 is 0 Å². The average Bonchev–Trinajstić information content (AvgIpc) is 2.65. The van der Waals surface area contributed by atoms with Crippen molar-refractivity contribution >= 4 is 34.0 Å². The lowest BCUT2D eigenvalue weighted by atomic mass is 10.1. The van der Waals surface area contributed by atoms with Crippen molar-refractivity contribution in [2.24, 2.45) is 0 Å². The molecule has 0 heterocycles. The number of hydrogen-bond donors (Lipinski definition) is 2. The van der Waals surface area contributed by atoms with Crippen LogP contribution in [0.5, 0.6) is 0 Å². The zero-order valence-electron chi connectivity index (χ0n) is 14.8. The molecular weight excluding hydrogens is 326 g/mol. The maximum absolute atomic E-state index is 12.2. The Hall–Kier alpha value is -3.34. The van der Waals surface area contributed by atoms with Crippen molar-refractivity contribution in [2.45, 2.75) is 0 Å². The Morgan fingerprint density at radius 2 is 1.62 bits per heavy atom. The van der Waals surface area contributed by atoms with E-state index in [1.54, 1.807) is 38.4 Å². The largest absolute Gasteiger partial charge is 0.376 e. The minimum absolute atomic E-state index is 0.101. The minimum atomic E-state index is -0.174. The van der Waals surface area contributed by atoms with E-state index in [0.29, 0.717) is 11.3 Å². The van der Waals surface area contributed by atoms with Gasteiger partial charge in [-0.2, -0.15) is 0 Å². The van der Waals surface area contributed by atoms with Gasteiger partial charge in [0.2, 0.25) is 5.91 Å². The highest BCUT2D eigenvalue weighted by molar-refractivity contribution is 5.98. The fraction of sp³-hybridized carbons (Fsp3) is 0.143. The third kappa shape index (κ3) is 4.19. The molecule has 5 heteroatoms. The Morgan fingerprint density at radius 3 is 2.38 bits per heavy atom. The van der Waals surface area contributed by atoms with Crippen LogP contribution in [0, 0.1) is 0 Å². The van der Waals surface area contributed by atoms with Crippen LogP contribution in [0.4, 0.5) is 11.4 Å². The van der Waals surface area contributed by atoms with E-state index in [2.05, 4.69) is 10.6 Å². The van der Waals surface area contributed by atoms with E-state index in [0.717, 1.165) is 16.5 Å². The summed E-state index contributed by atoms with van der Waals surface area (Å²) in [5, 5.41) is 8.21. The van der Waals surface area contributed by atoms with Crippen LogP contribution in [0.3, 0.4) is 0 Å². The molecule has 0 atom stereocenters. The Bertz CT molecular complexity index is 951. The summed E-state index contributed by atoms with van der Waals surface area (Å²) in [6, 6.07) is 21.0. The summed E-state index contributed by atoms with van der Waals surface area (Å²) in [5.41, 5.74) is 2.02. The van der Waals surface area contributed by atoms with Crippen molar-refractivity contribution in [3.05, 3.63) is 72.3 Å². The Balaban J connectivity index is 1.61. The number of nitrogens with zero attached hydrogens (tertiary/aromatic N) is 1. The lowest BCUT2D eigenvalue weighted by molar-refractivity contribution is -0.114. The summed E-state index contributed by atoms with van der Waals surface area (Å²) in [4.78, 5) is 25.7. The molecule has 0 spiro atoms. The number of rotatable bonds is 5. The molecule has 0 aromatic heterocycles. The zero-order chi connectivity index (χ0) is 18.5. The van der Waals surface area contributed by atoms with Gasteiger partial charge in [0.05, 0.1) is 6.54 Å². The second kappa shape index (κ2) is 7.70. The molecule has 3 aromatic carbocycles. The number of fused-ring (bicyclic) bond motifs is 1. The highest BCUT2D eigenvalue weighted by Crippen LogP contribution is 2.18. The lowest BCUT2D eigenvalue weighted by Gasteiger charge is -2.12. The molecule has 26 heavy (non-hydrogen) atoms. The number of nitrogens with one attached hydrogen (secondary N) is 2. The van der Waals surface area contributed by atoms with Crippen molar-refractivity contribution in [3.8, 4) is 0 Å². The van der Waals surface area contributed by atoms with Gasteiger partial charge in [0.15, 0.2) is 0 Å². The van der Waals surface area contributed by atoms with Crippen molar-refractivity contribution in [1.29, 1.82) is 0 Å². The molecule has 2 N–H and O–H groups in total. The number of hydrogen-bond acceptors (Lipinski definition) is 3. The van der Waals surface area contributed by atoms with Crippen LogP contribution in [0.2, 0.25) is 0 Å². The van der Waals surface area contributed by atoms with E-state index in [1.165, 1.54) is 4.90 Å². The molecule has 3 rings (SSSR count). The summed E-state index contributed by atoms with van der Waals surface area (Å²) in [7, 11) is 3.39. The molecule has 132 valence electrons. The van der Waals surface area contributed by atoms with Gasteiger partial charge in [-0.1, -0.05) is 36.4 Å². The summed E-state index contributed by atoms with van der Waals surface area (Å²) in [6.45, 7) is 0.143. The van der Waals surface area contributed by atoms with Gasteiger partial charge in [0.1, 0.15) is 0 Å². The molecule has 0 aliphatic heterocycles. The van der Waals surface area contributed by atoms with Gasteiger partial charge in [0, 0.05) is 31.0 Å². The van der Waals surface area contributed by atoms with E-state index in [4.69, 9.17) is 0 Å². The molecular formula is C21H21N3O2. The molecule has 2 amide bonds. The fourth-order valence-electron chi connectivity index (χ4n) is 2.67. The minimum Gasteiger partial charge on any atom is -0.376 e. The van der Waals surface area contributed by atoms with Crippen molar-refractivity contribution in [3.63, 3.8) is 0 Å². The standard InChI is InChI=1S/C21H21N3O2/c1-24(2)21(26)17-8-5-9-19(13-17)23-20(25)14-22-18-11-10-15-6-3-4-7-16(15)12-18/h3-13,22H,14H2,1-2H3,(H,23,25). The van der Waals surface area contributed by atoms with E-state index in [-0.39, 0.29) is 18.4 Å². The molecule has 0 aliphatic rings. The maximum Gasteiger partial charge on any atom is 0.253 e. The number of benzene rings is 3. The third-order valence-corrected chi connectivity index (χ3v) is 4.00. The van der Waals surface area contributed by atoms with Crippen molar-refractivity contribution in [2.75, 3.05) is 31.3 Å². The van der Waals surface area contributed by atoms with Gasteiger partial charge in [-0.25, -0.2) is 0 Å². The number of anilines is 2. The Morgan fingerprint density at radius 1 is 0.846 bits per heavy atom. The first-order valence-corrected chi connectivity index (χ1v) is 8.37. The molecule has 0 unspecified atom stereocenters. The molecule has 0 radical (unpaired) electrons. The van der Waals surface area contributed by atoms with Crippen LogP contribution in [0.25, 0.3) is 10.8 Å². The highest BCUT2D eigenvalue weighted by atomic mass is 16.2. The Kier molecular flexibility index (Phi) is 5.17. The topological polar surface area (TPSA) is 61.4 Å².